The second-order valence-electron chi connectivity index (χ2n) is 9.21. The van der Waals surface area contributed by atoms with Crippen molar-refractivity contribution in [2.75, 3.05) is 25.5 Å². The Balaban J connectivity index is 1.43. The van der Waals surface area contributed by atoms with Gasteiger partial charge in [0.25, 0.3) is 5.91 Å². The van der Waals surface area contributed by atoms with Gasteiger partial charge in [-0.15, -0.1) is 0 Å². The zero-order valence-corrected chi connectivity index (χ0v) is 20.4. The van der Waals surface area contributed by atoms with Crippen LogP contribution in [0.15, 0.2) is 42.9 Å². The number of aliphatic hydroxyl groups is 1. The Morgan fingerprint density at radius 3 is 2.46 bits per heavy atom. The van der Waals surface area contributed by atoms with Gasteiger partial charge in [-0.05, 0) is 51.3 Å². The molecule has 3 heterocycles. The predicted octanol–water partition coefficient (Wildman–Crippen LogP) is 3.11. The van der Waals surface area contributed by atoms with E-state index in [9.17, 15) is 14.7 Å². The Morgan fingerprint density at radius 1 is 1.14 bits per heavy atom. The molecule has 4 rings (SSSR count). The van der Waals surface area contributed by atoms with Crippen molar-refractivity contribution in [1.82, 2.24) is 24.6 Å². The first-order chi connectivity index (χ1) is 16.7. The van der Waals surface area contributed by atoms with Gasteiger partial charge in [0.2, 0.25) is 5.95 Å². The molecule has 0 saturated carbocycles. The summed E-state index contributed by atoms with van der Waals surface area (Å²) in [5.74, 6) is -0.191. The zero-order chi connectivity index (χ0) is 25.2. The highest BCUT2D eigenvalue weighted by atomic mass is 16.5. The number of hydrogen-bond acceptors (Lipinski definition) is 8. The molecule has 1 saturated heterocycles. The molecule has 184 valence electrons. The average molecular weight is 479 g/mol. The standard InChI is InChI=1S/C25H30N6O4/c1-16-13-26-24(29-21(16)17-5-7-18(8-6-17)22(32)35-4)28-19-14-27-31(15-19)20-9-11-30(12-10-20)23(33)25(2,3)34/h5-8,13-15,20,34H,9-12H2,1-4H3,(H,26,28,29). The first-order valence-corrected chi connectivity index (χ1v) is 11.5. The van der Waals surface area contributed by atoms with Gasteiger partial charge in [-0.3, -0.25) is 9.48 Å². The van der Waals surface area contributed by atoms with Crippen molar-refractivity contribution in [1.29, 1.82) is 0 Å². The van der Waals surface area contributed by atoms with Crippen LogP contribution < -0.4 is 5.32 Å². The van der Waals surface area contributed by atoms with E-state index in [0.29, 0.717) is 24.6 Å². The van der Waals surface area contributed by atoms with Crippen LogP contribution in [0.1, 0.15) is 48.7 Å². The molecule has 0 unspecified atom stereocenters. The monoisotopic (exact) mass is 478 g/mol. The third kappa shape index (κ3) is 5.48. The first kappa shape index (κ1) is 24.3. The second kappa shape index (κ2) is 9.83. The van der Waals surface area contributed by atoms with Gasteiger partial charge in [0, 0.05) is 31.0 Å². The average Bonchev–Trinajstić information content (AvgIpc) is 3.32. The Kier molecular flexibility index (Phi) is 6.83. The second-order valence-corrected chi connectivity index (χ2v) is 9.21. The summed E-state index contributed by atoms with van der Waals surface area (Å²) in [7, 11) is 1.35. The molecule has 1 amide bonds. The van der Waals surface area contributed by atoms with Crippen LogP contribution >= 0.6 is 0 Å². The summed E-state index contributed by atoms with van der Waals surface area (Å²) < 4.78 is 6.65. The van der Waals surface area contributed by atoms with Crippen LogP contribution in [0.3, 0.4) is 0 Å². The van der Waals surface area contributed by atoms with Crippen LogP contribution in [0, 0.1) is 6.92 Å². The molecule has 2 aromatic heterocycles. The number of nitrogens with zero attached hydrogens (tertiary/aromatic N) is 5. The quantitative estimate of drug-likeness (QED) is 0.518. The lowest BCUT2D eigenvalue weighted by atomic mass is 10.0. The summed E-state index contributed by atoms with van der Waals surface area (Å²) in [6, 6.07) is 7.25. The fraction of sp³-hybridized carbons (Fsp3) is 0.400. The number of benzene rings is 1. The fourth-order valence-electron chi connectivity index (χ4n) is 4.13. The van der Waals surface area contributed by atoms with Crippen molar-refractivity contribution in [3.8, 4) is 11.3 Å². The number of anilines is 2. The molecule has 1 fully saturated rings. The summed E-state index contributed by atoms with van der Waals surface area (Å²) in [5, 5.41) is 17.7. The molecule has 0 radical (unpaired) electrons. The third-order valence-electron chi connectivity index (χ3n) is 6.06. The van der Waals surface area contributed by atoms with Crippen LogP contribution in [-0.4, -0.2) is 67.4 Å². The van der Waals surface area contributed by atoms with Crippen molar-refractivity contribution in [2.24, 2.45) is 0 Å². The smallest absolute Gasteiger partial charge is 0.337 e. The number of aromatic nitrogens is 4. The van der Waals surface area contributed by atoms with E-state index in [-0.39, 0.29) is 17.9 Å². The highest BCUT2D eigenvalue weighted by molar-refractivity contribution is 5.90. The Bertz CT molecular complexity index is 1210. The number of piperidine rings is 1. The van der Waals surface area contributed by atoms with Gasteiger partial charge in [0.05, 0.1) is 36.3 Å². The summed E-state index contributed by atoms with van der Waals surface area (Å²) in [5.41, 5.74) is 2.41. The fourth-order valence-corrected chi connectivity index (χ4v) is 4.13. The number of carbonyl (C=O) groups is 2. The normalized spacial score (nSPS) is 14.6. The van der Waals surface area contributed by atoms with E-state index in [2.05, 4.69) is 20.4 Å². The first-order valence-electron chi connectivity index (χ1n) is 11.5. The molecular formula is C25H30N6O4. The number of nitrogens with one attached hydrogen (secondary N) is 1. The highest BCUT2D eigenvalue weighted by Gasteiger charge is 2.32. The van der Waals surface area contributed by atoms with Crippen LogP contribution in [0.25, 0.3) is 11.3 Å². The highest BCUT2D eigenvalue weighted by Crippen LogP contribution is 2.27. The van der Waals surface area contributed by atoms with Gasteiger partial charge in [0.15, 0.2) is 0 Å². The Morgan fingerprint density at radius 2 is 1.83 bits per heavy atom. The number of rotatable bonds is 6. The maximum Gasteiger partial charge on any atom is 0.337 e. The maximum absolute atomic E-state index is 12.3. The van der Waals surface area contributed by atoms with E-state index >= 15 is 0 Å². The van der Waals surface area contributed by atoms with Gasteiger partial charge in [-0.1, -0.05) is 12.1 Å². The van der Waals surface area contributed by atoms with Crippen LogP contribution in [0.4, 0.5) is 11.6 Å². The molecule has 1 aliphatic heterocycles. The molecule has 0 atom stereocenters. The molecule has 0 spiro atoms. The van der Waals surface area contributed by atoms with E-state index in [1.165, 1.54) is 21.0 Å². The molecule has 3 aromatic rings. The van der Waals surface area contributed by atoms with Crippen LogP contribution in [0.2, 0.25) is 0 Å². The van der Waals surface area contributed by atoms with Gasteiger partial charge in [0.1, 0.15) is 5.60 Å². The number of ether oxygens (including phenoxy) is 1. The number of amides is 1. The molecule has 1 aromatic carbocycles. The van der Waals surface area contributed by atoms with Crippen molar-refractivity contribution in [3.05, 3.63) is 54.0 Å². The minimum Gasteiger partial charge on any atom is -0.465 e. The lowest BCUT2D eigenvalue weighted by Gasteiger charge is -2.35. The number of likely N-dealkylation sites (tertiary alicyclic amines) is 1. The lowest BCUT2D eigenvalue weighted by Crippen LogP contribution is -2.48. The van der Waals surface area contributed by atoms with Crippen molar-refractivity contribution >= 4 is 23.5 Å². The van der Waals surface area contributed by atoms with Crippen molar-refractivity contribution < 1.29 is 19.4 Å². The van der Waals surface area contributed by atoms with Crippen LogP contribution in [0.5, 0.6) is 0 Å². The Hall–Kier alpha value is -3.79. The molecule has 10 heteroatoms. The number of methoxy groups -OCH3 is 1. The summed E-state index contributed by atoms with van der Waals surface area (Å²) >= 11 is 0. The van der Waals surface area contributed by atoms with Crippen molar-refractivity contribution in [2.45, 2.75) is 45.3 Å². The number of aryl methyl sites for hydroxylation is 1. The molecule has 0 aliphatic carbocycles. The van der Waals surface area contributed by atoms with E-state index in [1.807, 2.05) is 29.9 Å². The van der Waals surface area contributed by atoms with Gasteiger partial charge in [-0.2, -0.15) is 5.10 Å². The summed E-state index contributed by atoms with van der Waals surface area (Å²) in [6.07, 6.45) is 6.90. The van der Waals surface area contributed by atoms with E-state index in [0.717, 1.165) is 35.3 Å². The molecule has 0 bridgehead atoms. The van der Waals surface area contributed by atoms with Gasteiger partial charge < -0.3 is 20.1 Å². The maximum atomic E-state index is 12.3. The van der Waals surface area contributed by atoms with E-state index < -0.39 is 5.60 Å². The molecule has 1 aliphatic rings. The van der Waals surface area contributed by atoms with Gasteiger partial charge in [-0.25, -0.2) is 14.8 Å². The third-order valence-corrected chi connectivity index (χ3v) is 6.06. The number of carbonyl (C=O) groups excluding carboxylic acids is 2. The van der Waals surface area contributed by atoms with Crippen molar-refractivity contribution in [3.63, 3.8) is 0 Å². The summed E-state index contributed by atoms with van der Waals surface area (Å²) in [4.78, 5) is 34.7. The summed E-state index contributed by atoms with van der Waals surface area (Å²) in [6.45, 7) is 6.12. The molecular weight excluding hydrogens is 448 g/mol. The largest absolute Gasteiger partial charge is 0.465 e. The van der Waals surface area contributed by atoms with E-state index in [1.54, 1.807) is 29.4 Å². The topological polar surface area (TPSA) is 122 Å². The molecule has 10 nitrogen and oxygen atoms in total. The molecule has 2 N–H and O–H groups in total. The predicted molar refractivity (Wildman–Crippen MR) is 130 cm³/mol. The van der Waals surface area contributed by atoms with E-state index in [4.69, 9.17) is 4.74 Å². The number of hydrogen-bond donors (Lipinski definition) is 2. The van der Waals surface area contributed by atoms with Crippen LogP contribution in [-0.2, 0) is 9.53 Å². The SMILES string of the molecule is COC(=O)c1ccc(-c2nc(Nc3cnn(C4CCN(C(=O)C(C)(C)O)CC4)c3)ncc2C)cc1. The number of esters is 1. The molecule has 35 heavy (non-hydrogen) atoms. The minimum atomic E-state index is -1.36. The van der Waals surface area contributed by atoms with Gasteiger partial charge >= 0.3 is 5.97 Å². The Labute approximate surface area is 204 Å². The lowest BCUT2D eigenvalue weighted by molar-refractivity contribution is -0.149. The minimum absolute atomic E-state index is 0.166. The zero-order valence-electron chi connectivity index (χ0n) is 20.4.